The number of thiazole rings is 1. The summed E-state index contributed by atoms with van der Waals surface area (Å²) >= 11 is 1.32. The van der Waals surface area contributed by atoms with Crippen molar-refractivity contribution in [1.82, 2.24) is 14.8 Å². The van der Waals surface area contributed by atoms with Crippen LogP contribution in [0.25, 0.3) is 10.2 Å². The molecular formula is C21H19N5O2S. The first-order chi connectivity index (χ1) is 14.0. The van der Waals surface area contributed by atoms with Gasteiger partial charge in [-0.1, -0.05) is 17.4 Å². The summed E-state index contributed by atoms with van der Waals surface area (Å²) in [5.74, 6) is -0.304. The van der Waals surface area contributed by atoms with Gasteiger partial charge in [0.15, 0.2) is 5.13 Å². The fourth-order valence-electron chi connectivity index (χ4n) is 3.20. The number of hydrogen-bond donors (Lipinski definition) is 1. The van der Waals surface area contributed by atoms with Crippen LogP contribution in [0.4, 0.5) is 5.13 Å². The number of nitrogens with zero attached hydrogens (tertiary/aromatic N) is 4. The molecule has 0 radical (unpaired) electrons. The average Bonchev–Trinajstić information content (AvgIpc) is 3.15. The Morgan fingerprint density at radius 1 is 1.10 bits per heavy atom. The zero-order chi connectivity index (χ0) is 20.4. The number of carbonyl (C=O) groups excluding carboxylic acids is 2. The van der Waals surface area contributed by atoms with E-state index < -0.39 is 0 Å². The lowest BCUT2D eigenvalue weighted by molar-refractivity contribution is 0.0664. The van der Waals surface area contributed by atoms with E-state index in [-0.39, 0.29) is 11.8 Å². The number of aromatic nitrogens is 1. The van der Waals surface area contributed by atoms with Gasteiger partial charge in [0.25, 0.3) is 11.8 Å². The van der Waals surface area contributed by atoms with E-state index in [4.69, 9.17) is 5.26 Å². The highest BCUT2D eigenvalue weighted by molar-refractivity contribution is 7.22. The van der Waals surface area contributed by atoms with Crippen LogP contribution in [0.15, 0.2) is 42.5 Å². The van der Waals surface area contributed by atoms with E-state index in [2.05, 4.69) is 22.2 Å². The van der Waals surface area contributed by atoms with Crippen molar-refractivity contribution in [3.8, 4) is 6.07 Å². The minimum absolute atomic E-state index is 0.0207. The second kappa shape index (κ2) is 7.99. The molecule has 1 saturated heterocycles. The molecule has 146 valence electrons. The summed E-state index contributed by atoms with van der Waals surface area (Å²) in [5, 5.41) is 12.2. The van der Waals surface area contributed by atoms with Crippen molar-refractivity contribution in [3.05, 3.63) is 59.2 Å². The van der Waals surface area contributed by atoms with Crippen molar-refractivity contribution in [2.24, 2.45) is 0 Å². The molecule has 2 heterocycles. The highest BCUT2D eigenvalue weighted by Gasteiger charge is 2.21. The van der Waals surface area contributed by atoms with Crippen LogP contribution in [0.2, 0.25) is 0 Å². The molecule has 1 fully saturated rings. The first kappa shape index (κ1) is 19.1. The van der Waals surface area contributed by atoms with Gasteiger partial charge >= 0.3 is 0 Å². The maximum Gasteiger partial charge on any atom is 0.257 e. The van der Waals surface area contributed by atoms with Gasteiger partial charge in [-0.2, -0.15) is 5.26 Å². The fraction of sp³-hybridized carbons (Fsp3) is 0.238. The topological polar surface area (TPSA) is 89.3 Å². The first-order valence-corrected chi connectivity index (χ1v) is 10.0. The van der Waals surface area contributed by atoms with Gasteiger partial charge in [-0.3, -0.25) is 14.9 Å². The van der Waals surface area contributed by atoms with Gasteiger partial charge in [-0.05, 0) is 43.4 Å². The van der Waals surface area contributed by atoms with Crippen molar-refractivity contribution >= 4 is 38.5 Å². The zero-order valence-corrected chi connectivity index (χ0v) is 16.7. The van der Waals surface area contributed by atoms with E-state index in [9.17, 15) is 9.59 Å². The molecule has 0 saturated carbocycles. The molecule has 29 heavy (non-hydrogen) atoms. The molecule has 0 unspecified atom stereocenters. The van der Waals surface area contributed by atoms with Crippen molar-refractivity contribution < 1.29 is 9.59 Å². The number of nitriles is 1. The van der Waals surface area contributed by atoms with E-state index in [0.717, 1.165) is 36.4 Å². The van der Waals surface area contributed by atoms with E-state index in [1.165, 1.54) is 17.4 Å². The van der Waals surface area contributed by atoms with Crippen LogP contribution < -0.4 is 5.32 Å². The van der Waals surface area contributed by atoms with E-state index >= 15 is 0 Å². The molecule has 3 aromatic rings. The predicted octanol–water partition coefficient (Wildman–Crippen LogP) is 2.81. The van der Waals surface area contributed by atoms with E-state index in [0.29, 0.717) is 21.8 Å². The summed E-state index contributed by atoms with van der Waals surface area (Å²) in [4.78, 5) is 33.7. The molecule has 1 aromatic heterocycles. The second-order valence-corrected chi connectivity index (χ2v) is 7.97. The predicted molar refractivity (Wildman–Crippen MR) is 112 cm³/mol. The Labute approximate surface area is 172 Å². The number of amides is 2. The van der Waals surface area contributed by atoms with Crippen LogP contribution in [0.5, 0.6) is 0 Å². The minimum Gasteiger partial charge on any atom is -0.336 e. The number of rotatable bonds is 3. The number of likely N-dealkylation sites (N-methyl/N-ethyl adjacent to an activating group) is 1. The highest BCUT2D eigenvalue weighted by Crippen LogP contribution is 2.28. The smallest absolute Gasteiger partial charge is 0.257 e. The van der Waals surface area contributed by atoms with E-state index in [1.54, 1.807) is 30.3 Å². The Balaban J connectivity index is 1.51. The van der Waals surface area contributed by atoms with Crippen molar-refractivity contribution in [2.75, 3.05) is 38.5 Å². The Morgan fingerprint density at radius 3 is 2.66 bits per heavy atom. The molecule has 7 nitrogen and oxygen atoms in total. The maximum atomic E-state index is 12.8. The van der Waals surface area contributed by atoms with Gasteiger partial charge in [0.2, 0.25) is 0 Å². The first-order valence-electron chi connectivity index (χ1n) is 9.23. The minimum atomic E-state index is -0.324. The van der Waals surface area contributed by atoms with Crippen LogP contribution >= 0.6 is 11.3 Å². The van der Waals surface area contributed by atoms with Gasteiger partial charge in [-0.15, -0.1) is 0 Å². The van der Waals surface area contributed by atoms with Crippen molar-refractivity contribution in [2.45, 2.75) is 0 Å². The van der Waals surface area contributed by atoms with E-state index in [1.807, 2.05) is 17.0 Å². The van der Waals surface area contributed by atoms with Gasteiger partial charge in [0.1, 0.15) is 0 Å². The number of anilines is 1. The quantitative estimate of drug-likeness (QED) is 0.724. The summed E-state index contributed by atoms with van der Waals surface area (Å²) < 4.78 is 0.839. The Bertz CT molecular complexity index is 1130. The molecule has 4 rings (SSSR count). The van der Waals surface area contributed by atoms with Crippen molar-refractivity contribution in [3.63, 3.8) is 0 Å². The summed E-state index contributed by atoms with van der Waals surface area (Å²) in [6.07, 6.45) is 0. The fourth-order valence-corrected chi connectivity index (χ4v) is 4.10. The molecular weight excluding hydrogens is 386 g/mol. The van der Waals surface area contributed by atoms with Gasteiger partial charge < -0.3 is 9.80 Å². The highest BCUT2D eigenvalue weighted by atomic mass is 32.1. The molecule has 1 aliphatic rings. The lowest BCUT2D eigenvalue weighted by Gasteiger charge is -2.32. The third-order valence-corrected chi connectivity index (χ3v) is 5.83. The molecule has 0 bridgehead atoms. The van der Waals surface area contributed by atoms with Crippen LogP contribution in [0.1, 0.15) is 26.3 Å². The molecule has 2 aromatic carbocycles. The monoisotopic (exact) mass is 405 g/mol. The normalized spacial score (nSPS) is 14.6. The summed E-state index contributed by atoms with van der Waals surface area (Å²) in [7, 11) is 2.05. The molecule has 2 amide bonds. The second-order valence-electron chi connectivity index (χ2n) is 6.94. The summed E-state index contributed by atoms with van der Waals surface area (Å²) in [5.41, 5.74) is 2.18. The average molecular weight is 405 g/mol. The number of benzene rings is 2. The summed E-state index contributed by atoms with van der Waals surface area (Å²) in [6, 6.07) is 13.9. The standard InChI is InChI=1S/C21H19N5O2S/c1-25-7-9-26(10-8-25)20(28)16-5-6-17-18(12-16)29-21(23-17)24-19(27)15-4-2-3-14(11-15)13-22/h2-6,11-12H,7-10H2,1H3,(H,23,24,27). The molecule has 0 aliphatic carbocycles. The number of fused-ring (bicyclic) bond motifs is 1. The lowest BCUT2D eigenvalue weighted by atomic mass is 10.1. The number of hydrogen-bond acceptors (Lipinski definition) is 6. The van der Waals surface area contributed by atoms with Gasteiger partial charge in [0.05, 0.1) is 21.8 Å². The van der Waals surface area contributed by atoms with Gasteiger partial charge in [0, 0.05) is 37.3 Å². The van der Waals surface area contributed by atoms with Gasteiger partial charge in [-0.25, -0.2) is 4.98 Å². The summed E-state index contributed by atoms with van der Waals surface area (Å²) in [6.45, 7) is 3.19. The third kappa shape index (κ3) is 4.11. The lowest BCUT2D eigenvalue weighted by Crippen LogP contribution is -2.47. The largest absolute Gasteiger partial charge is 0.336 e. The molecule has 1 aliphatic heterocycles. The SMILES string of the molecule is CN1CCN(C(=O)c2ccc3nc(NC(=O)c4cccc(C#N)c4)sc3c2)CC1. The molecule has 8 heteroatoms. The van der Waals surface area contributed by atoms with Crippen LogP contribution in [-0.2, 0) is 0 Å². The number of piperazine rings is 1. The Kier molecular flexibility index (Phi) is 5.25. The number of carbonyl (C=O) groups is 2. The maximum absolute atomic E-state index is 12.8. The van der Waals surface area contributed by atoms with Crippen LogP contribution in [0.3, 0.4) is 0 Å². The van der Waals surface area contributed by atoms with Crippen LogP contribution in [-0.4, -0.2) is 59.8 Å². The number of nitrogens with one attached hydrogen (secondary N) is 1. The molecule has 0 atom stereocenters. The van der Waals surface area contributed by atoms with Crippen molar-refractivity contribution in [1.29, 1.82) is 5.26 Å². The van der Waals surface area contributed by atoms with Crippen LogP contribution in [0, 0.1) is 11.3 Å². The Hall–Kier alpha value is -3.28. The Morgan fingerprint density at radius 2 is 1.90 bits per heavy atom. The third-order valence-electron chi connectivity index (χ3n) is 4.90. The molecule has 1 N–H and O–H groups in total. The molecule has 0 spiro atoms. The zero-order valence-electron chi connectivity index (χ0n) is 15.9.